The van der Waals surface area contributed by atoms with E-state index in [4.69, 9.17) is 9.47 Å². The number of piperidine rings is 1. The summed E-state index contributed by atoms with van der Waals surface area (Å²) in [6.45, 7) is 0.839. The molecule has 0 saturated carbocycles. The Balaban J connectivity index is 1.84. The summed E-state index contributed by atoms with van der Waals surface area (Å²) in [5, 5.41) is 9.21. The number of amides is 1. The number of carboxylic acid groups (broad SMARTS) is 1. The van der Waals surface area contributed by atoms with Crippen molar-refractivity contribution in [2.24, 2.45) is 0 Å². The van der Waals surface area contributed by atoms with Crippen LogP contribution in [0.25, 0.3) is 0 Å². The molecule has 0 unspecified atom stereocenters. The molecule has 1 aliphatic heterocycles. The molecule has 1 N–H and O–H groups in total. The Kier molecular flexibility index (Phi) is 4.80. The summed E-state index contributed by atoms with van der Waals surface area (Å²) >= 11 is 0. The highest BCUT2D eigenvalue weighted by atomic mass is 16.6. The van der Waals surface area contributed by atoms with Gasteiger partial charge in [-0.3, -0.25) is 0 Å². The van der Waals surface area contributed by atoms with Crippen LogP contribution in [0.15, 0.2) is 30.3 Å². The smallest absolute Gasteiger partial charge is 0.410 e. The van der Waals surface area contributed by atoms with Gasteiger partial charge in [0.25, 0.3) is 0 Å². The molecule has 1 aromatic rings. The van der Waals surface area contributed by atoms with Gasteiger partial charge in [0.2, 0.25) is 0 Å². The van der Waals surface area contributed by atoms with E-state index in [1.54, 1.807) is 0 Å². The van der Waals surface area contributed by atoms with Crippen molar-refractivity contribution in [1.82, 2.24) is 4.90 Å². The maximum Gasteiger partial charge on any atom is 0.410 e. The number of hydrogen-bond donors (Lipinski definition) is 1. The lowest BCUT2D eigenvalue weighted by Gasteiger charge is -2.37. The number of likely N-dealkylation sites (tertiary alicyclic amines) is 1. The summed E-state index contributed by atoms with van der Waals surface area (Å²) in [5.74, 6) is -0.984. The molecule has 1 aromatic carbocycles. The van der Waals surface area contributed by atoms with Crippen LogP contribution in [0.1, 0.15) is 18.4 Å². The van der Waals surface area contributed by atoms with Gasteiger partial charge >= 0.3 is 12.1 Å². The van der Waals surface area contributed by atoms with Crippen molar-refractivity contribution in [2.45, 2.75) is 25.0 Å². The molecule has 0 bridgehead atoms. The number of carbonyl (C=O) groups excluding carboxylic acids is 1. The zero-order chi connectivity index (χ0) is 15.3. The van der Waals surface area contributed by atoms with Gasteiger partial charge in [-0.1, -0.05) is 30.3 Å². The predicted octanol–water partition coefficient (Wildman–Crippen LogP) is 1.89. The van der Waals surface area contributed by atoms with E-state index in [1.807, 2.05) is 30.3 Å². The van der Waals surface area contributed by atoms with Crippen molar-refractivity contribution in [3.05, 3.63) is 35.9 Å². The predicted molar refractivity (Wildman–Crippen MR) is 74.8 cm³/mol. The number of benzene rings is 1. The van der Waals surface area contributed by atoms with Gasteiger partial charge in [0.15, 0.2) is 5.60 Å². The number of carbonyl (C=O) groups is 2. The third kappa shape index (κ3) is 3.52. The van der Waals surface area contributed by atoms with Crippen LogP contribution in [0.5, 0.6) is 0 Å². The first-order valence-electron chi connectivity index (χ1n) is 6.81. The molecule has 1 fully saturated rings. The average Bonchev–Trinajstić information content (AvgIpc) is 2.53. The van der Waals surface area contributed by atoms with Crippen molar-refractivity contribution >= 4 is 12.1 Å². The average molecular weight is 293 g/mol. The minimum atomic E-state index is -1.18. The van der Waals surface area contributed by atoms with Crippen molar-refractivity contribution < 1.29 is 24.2 Å². The zero-order valence-corrected chi connectivity index (χ0v) is 11.9. The number of methoxy groups -OCH3 is 1. The number of aliphatic carboxylic acids is 1. The Morgan fingerprint density at radius 1 is 1.24 bits per heavy atom. The first-order chi connectivity index (χ1) is 10.1. The van der Waals surface area contributed by atoms with Crippen LogP contribution in [-0.2, 0) is 20.9 Å². The van der Waals surface area contributed by atoms with Crippen molar-refractivity contribution in [2.75, 3.05) is 20.2 Å². The summed E-state index contributed by atoms with van der Waals surface area (Å²) in [6.07, 6.45) is 0.104. The quantitative estimate of drug-likeness (QED) is 0.917. The fourth-order valence-electron chi connectivity index (χ4n) is 2.37. The number of carboxylic acids is 1. The molecule has 2 rings (SSSR count). The molecule has 1 saturated heterocycles. The van der Waals surface area contributed by atoms with E-state index in [0.717, 1.165) is 5.56 Å². The van der Waals surface area contributed by atoms with Crippen LogP contribution >= 0.6 is 0 Å². The van der Waals surface area contributed by atoms with Crippen molar-refractivity contribution in [1.29, 1.82) is 0 Å². The number of nitrogens with zero attached hydrogens (tertiary/aromatic N) is 1. The van der Waals surface area contributed by atoms with Crippen molar-refractivity contribution in [3.8, 4) is 0 Å². The second kappa shape index (κ2) is 6.58. The fraction of sp³-hybridized carbons (Fsp3) is 0.467. The first kappa shape index (κ1) is 15.3. The van der Waals surface area contributed by atoms with E-state index in [2.05, 4.69) is 0 Å². The van der Waals surface area contributed by atoms with E-state index >= 15 is 0 Å². The summed E-state index contributed by atoms with van der Waals surface area (Å²) < 4.78 is 10.3. The van der Waals surface area contributed by atoms with Gasteiger partial charge in [-0.2, -0.15) is 0 Å². The lowest BCUT2D eigenvalue weighted by Crippen LogP contribution is -2.52. The second-order valence-electron chi connectivity index (χ2n) is 5.03. The third-order valence-corrected chi connectivity index (χ3v) is 3.81. The molecular weight excluding hydrogens is 274 g/mol. The lowest BCUT2D eigenvalue weighted by atomic mass is 9.91. The maximum absolute atomic E-state index is 12.0. The standard InChI is InChI=1S/C15H19NO5/c1-20-15(13(17)18)7-9-16(10-8-15)14(19)21-11-12-5-3-2-4-6-12/h2-6H,7-11H2,1H3,(H,17,18). The number of hydrogen-bond acceptors (Lipinski definition) is 4. The molecule has 6 heteroatoms. The second-order valence-corrected chi connectivity index (χ2v) is 5.03. The van der Waals surface area contributed by atoms with E-state index in [-0.39, 0.29) is 19.4 Å². The van der Waals surface area contributed by atoms with E-state index in [9.17, 15) is 14.7 Å². The summed E-state index contributed by atoms with van der Waals surface area (Å²) in [5.41, 5.74) is -0.268. The molecule has 1 heterocycles. The maximum atomic E-state index is 12.0. The molecule has 0 aliphatic carbocycles. The first-order valence-corrected chi connectivity index (χ1v) is 6.81. The molecule has 21 heavy (non-hydrogen) atoms. The van der Waals surface area contributed by atoms with Crippen LogP contribution < -0.4 is 0 Å². The van der Waals surface area contributed by atoms with Gasteiger partial charge in [-0.25, -0.2) is 9.59 Å². The zero-order valence-electron chi connectivity index (χ0n) is 11.9. The molecule has 0 aromatic heterocycles. The normalized spacial score (nSPS) is 17.3. The fourth-order valence-corrected chi connectivity index (χ4v) is 2.37. The SMILES string of the molecule is COC1(C(=O)O)CCN(C(=O)OCc2ccccc2)CC1. The molecule has 0 atom stereocenters. The van der Waals surface area contributed by atoms with E-state index in [0.29, 0.717) is 13.1 Å². The molecule has 6 nitrogen and oxygen atoms in total. The molecule has 1 aliphatic rings. The van der Waals surface area contributed by atoms with Gasteiger partial charge in [0.1, 0.15) is 6.61 Å². The molecule has 0 radical (unpaired) electrons. The Bertz CT molecular complexity index is 494. The minimum Gasteiger partial charge on any atom is -0.479 e. The summed E-state index contributed by atoms with van der Waals surface area (Å²) in [6, 6.07) is 9.41. The highest BCUT2D eigenvalue weighted by molar-refractivity contribution is 5.78. The van der Waals surface area contributed by atoms with Crippen molar-refractivity contribution in [3.63, 3.8) is 0 Å². The van der Waals surface area contributed by atoms with E-state index in [1.165, 1.54) is 12.0 Å². The Hall–Kier alpha value is -2.08. The highest BCUT2D eigenvalue weighted by Gasteiger charge is 2.43. The number of rotatable bonds is 4. The lowest BCUT2D eigenvalue weighted by molar-refractivity contribution is -0.167. The van der Waals surface area contributed by atoms with E-state index < -0.39 is 17.7 Å². The monoisotopic (exact) mass is 293 g/mol. The van der Waals surface area contributed by atoms with Gasteiger partial charge < -0.3 is 19.5 Å². The molecule has 114 valence electrons. The molecule has 1 amide bonds. The van der Waals surface area contributed by atoms with Gasteiger partial charge in [-0.05, 0) is 5.56 Å². The van der Waals surface area contributed by atoms with Crippen LogP contribution in [-0.4, -0.2) is 47.9 Å². The van der Waals surface area contributed by atoms with Gasteiger partial charge in [-0.15, -0.1) is 0 Å². The van der Waals surface area contributed by atoms with Crippen LogP contribution in [0.3, 0.4) is 0 Å². The molecular formula is C15H19NO5. The summed E-state index contributed by atoms with van der Waals surface area (Å²) in [4.78, 5) is 24.7. The summed E-state index contributed by atoms with van der Waals surface area (Å²) in [7, 11) is 1.39. The third-order valence-electron chi connectivity index (χ3n) is 3.81. The minimum absolute atomic E-state index is 0.213. The number of ether oxygens (including phenoxy) is 2. The van der Waals surface area contributed by atoms with Gasteiger partial charge in [0, 0.05) is 33.0 Å². The highest BCUT2D eigenvalue weighted by Crippen LogP contribution is 2.26. The Morgan fingerprint density at radius 2 is 1.86 bits per heavy atom. The van der Waals surface area contributed by atoms with Gasteiger partial charge in [0.05, 0.1) is 0 Å². The Labute approximate surface area is 123 Å². The van der Waals surface area contributed by atoms with Crippen LogP contribution in [0.2, 0.25) is 0 Å². The van der Waals surface area contributed by atoms with Crippen LogP contribution in [0, 0.1) is 0 Å². The Morgan fingerprint density at radius 3 is 2.38 bits per heavy atom. The topological polar surface area (TPSA) is 76.1 Å². The van der Waals surface area contributed by atoms with Crippen LogP contribution in [0.4, 0.5) is 4.79 Å². The molecule has 0 spiro atoms. The largest absolute Gasteiger partial charge is 0.479 e.